The maximum absolute atomic E-state index is 5.68. The number of fused-ring (bicyclic) bond motifs is 1. The third-order valence-electron chi connectivity index (χ3n) is 2.55. The van der Waals surface area contributed by atoms with Gasteiger partial charge >= 0.3 is 0 Å². The van der Waals surface area contributed by atoms with E-state index in [0.29, 0.717) is 6.61 Å². The Morgan fingerprint density at radius 3 is 2.83 bits per heavy atom. The highest BCUT2D eigenvalue weighted by Gasteiger charge is 2.09. The zero-order valence-corrected chi connectivity index (χ0v) is 11.0. The summed E-state index contributed by atoms with van der Waals surface area (Å²) in [5, 5.41) is 0. The Morgan fingerprint density at radius 1 is 1.17 bits per heavy atom. The minimum Gasteiger partial charge on any atom is -0.486 e. The van der Waals surface area contributed by atoms with Crippen molar-refractivity contribution in [3.8, 4) is 5.75 Å². The number of benzene rings is 1. The first-order chi connectivity index (χ1) is 8.84. The fourth-order valence-corrected chi connectivity index (χ4v) is 2.21. The topological polar surface area (TPSA) is 39.4 Å². The predicted molar refractivity (Wildman–Crippen MR) is 71.5 cm³/mol. The fourth-order valence-electron chi connectivity index (χ4n) is 1.72. The molecule has 90 valence electrons. The molecule has 4 nitrogen and oxygen atoms in total. The Balaban J connectivity index is 1.87. The lowest BCUT2D eigenvalue weighted by Gasteiger charge is -2.04. The minimum absolute atomic E-state index is 0.405. The molecule has 3 rings (SSSR count). The highest BCUT2D eigenvalue weighted by Crippen LogP contribution is 2.18. The molecule has 0 amide bonds. The molecule has 0 atom stereocenters. The van der Waals surface area contributed by atoms with Crippen molar-refractivity contribution in [2.24, 2.45) is 0 Å². The van der Waals surface area contributed by atoms with Crippen LogP contribution in [0.2, 0.25) is 0 Å². The molecule has 0 aliphatic heterocycles. The van der Waals surface area contributed by atoms with Gasteiger partial charge in [-0.15, -0.1) is 0 Å². The number of nitrogens with zero attached hydrogens (tertiary/aromatic N) is 3. The predicted octanol–water partition coefficient (Wildman–Crippen LogP) is 3.07. The van der Waals surface area contributed by atoms with E-state index < -0.39 is 0 Å². The van der Waals surface area contributed by atoms with Crippen molar-refractivity contribution < 1.29 is 4.74 Å². The molecule has 0 bridgehead atoms. The van der Waals surface area contributed by atoms with Gasteiger partial charge in [0, 0.05) is 12.4 Å². The Bertz CT molecular complexity index is 666. The number of rotatable bonds is 3. The van der Waals surface area contributed by atoms with Crippen LogP contribution in [0.4, 0.5) is 0 Å². The van der Waals surface area contributed by atoms with Gasteiger partial charge in [0.1, 0.15) is 12.4 Å². The molecule has 0 spiro atoms. The van der Waals surface area contributed by atoms with Crippen molar-refractivity contribution in [1.82, 2.24) is 14.4 Å². The van der Waals surface area contributed by atoms with Crippen LogP contribution in [0.15, 0.2) is 53.4 Å². The molecular weight excluding hydrogens is 294 g/mol. The van der Waals surface area contributed by atoms with Gasteiger partial charge in [0.15, 0.2) is 16.1 Å². The Labute approximate surface area is 112 Å². The molecule has 0 aliphatic rings. The zero-order valence-electron chi connectivity index (χ0n) is 9.45. The Hall–Kier alpha value is -1.88. The molecule has 0 fully saturated rings. The van der Waals surface area contributed by atoms with E-state index in [0.717, 1.165) is 21.8 Å². The Kier molecular flexibility index (Phi) is 2.98. The summed E-state index contributed by atoms with van der Waals surface area (Å²) in [5.74, 6) is 1.64. The zero-order chi connectivity index (χ0) is 12.4. The highest BCUT2D eigenvalue weighted by atomic mass is 79.9. The summed E-state index contributed by atoms with van der Waals surface area (Å²) < 4.78 is 8.32. The molecule has 0 unspecified atom stereocenters. The normalized spacial score (nSPS) is 10.7. The van der Waals surface area contributed by atoms with Gasteiger partial charge in [-0.1, -0.05) is 18.2 Å². The van der Waals surface area contributed by atoms with Crippen molar-refractivity contribution in [2.45, 2.75) is 6.61 Å². The lowest BCUT2D eigenvalue weighted by atomic mass is 10.3. The first-order valence-electron chi connectivity index (χ1n) is 5.50. The fraction of sp³-hybridized carbons (Fsp3) is 0.0769. The van der Waals surface area contributed by atoms with E-state index >= 15 is 0 Å². The second-order valence-corrected chi connectivity index (χ2v) is 4.49. The van der Waals surface area contributed by atoms with Crippen molar-refractivity contribution in [3.63, 3.8) is 0 Å². The minimum atomic E-state index is 0.405. The third kappa shape index (κ3) is 2.09. The number of ether oxygens (including phenoxy) is 1. The smallest absolute Gasteiger partial charge is 0.171 e. The van der Waals surface area contributed by atoms with Gasteiger partial charge < -0.3 is 4.74 Å². The second-order valence-electron chi connectivity index (χ2n) is 3.73. The summed E-state index contributed by atoms with van der Waals surface area (Å²) in [7, 11) is 0. The summed E-state index contributed by atoms with van der Waals surface area (Å²) in [5.41, 5.74) is 0.796. The molecule has 0 aliphatic carbocycles. The molecule has 3 aromatic rings. The van der Waals surface area contributed by atoms with Crippen LogP contribution >= 0.6 is 15.9 Å². The molecule has 0 saturated heterocycles. The average Bonchev–Trinajstić information content (AvgIpc) is 2.75. The van der Waals surface area contributed by atoms with Crippen LogP contribution in [0.5, 0.6) is 5.75 Å². The number of aromatic nitrogens is 3. The van der Waals surface area contributed by atoms with Crippen LogP contribution in [0.25, 0.3) is 5.65 Å². The van der Waals surface area contributed by atoms with Crippen LogP contribution in [-0.2, 0) is 6.61 Å². The summed E-state index contributed by atoms with van der Waals surface area (Å²) in [6, 6.07) is 11.5. The van der Waals surface area contributed by atoms with E-state index in [2.05, 4.69) is 25.9 Å². The van der Waals surface area contributed by atoms with Gasteiger partial charge in [-0.2, -0.15) is 0 Å². The van der Waals surface area contributed by atoms with Crippen LogP contribution in [0, 0.1) is 0 Å². The SMILES string of the molecule is Brc1nc(COc2ccccc2)n2cccnc12. The van der Waals surface area contributed by atoms with Crippen LogP contribution < -0.4 is 4.74 Å². The van der Waals surface area contributed by atoms with Crippen LogP contribution in [0.3, 0.4) is 0 Å². The van der Waals surface area contributed by atoms with Crippen LogP contribution in [-0.4, -0.2) is 14.4 Å². The molecule has 2 heterocycles. The van der Waals surface area contributed by atoms with E-state index in [-0.39, 0.29) is 0 Å². The van der Waals surface area contributed by atoms with Crippen molar-refractivity contribution in [2.75, 3.05) is 0 Å². The standard InChI is InChI=1S/C13H10BrN3O/c14-12-13-15-7-4-8-17(13)11(16-12)9-18-10-5-2-1-3-6-10/h1-8H,9H2. The first kappa shape index (κ1) is 11.2. The summed E-state index contributed by atoms with van der Waals surface area (Å²) in [6.07, 6.45) is 3.66. The largest absolute Gasteiger partial charge is 0.486 e. The molecular formula is C13H10BrN3O. The van der Waals surface area contributed by atoms with Crippen molar-refractivity contribution >= 4 is 21.6 Å². The van der Waals surface area contributed by atoms with Crippen molar-refractivity contribution in [1.29, 1.82) is 0 Å². The maximum atomic E-state index is 5.68. The quantitative estimate of drug-likeness (QED) is 0.746. The van der Waals surface area contributed by atoms with E-state index in [9.17, 15) is 0 Å². The van der Waals surface area contributed by atoms with Crippen molar-refractivity contribution in [3.05, 3.63) is 59.2 Å². The molecule has 0 N–H and O–H groups in total. The molecule has 0 radical (unpaired) electrons. The summed E-state index contributed by atoms with van der Waals surface area (Å²) in [4.78, 5) is 8.65. The van der Waals surface area contributed by atoms with Gasteiger partial charge in [0.2, 0.25) is 0 Å². The van der Waals surface area contributed by atoms with Gasteiger partial charge in [-0.05, 0) is 34.1 Å². The first-order valence-corrected chi connectivity index (χ1v) is 6.29. The molecule has 1 aromatic carbocycles. The van der Waals surface area contributed by atoms with Crippen LogP contribution in [0.1, 0.15) is 5.82 Å². The summed E-state index contributed by atoms with van der Waals surface area (Å²) in [6.45, 7) is 0.405. The number of imidazole rings is 1. The maximum Gasteiger partial charge on any atom is 0.171 e. The lowest BCUT2D eigenvalue weighted by molar-refractivity contribution is 0.295. The van der Waals surface area contributed by atoms with E-state index in [1.165, 1.54) is 0 Å². The molecule has 0 saturated carbocycles. The van der Waals surface area contributed by atoms with Gasteiger partial charge in [0.25, 0.3) is 0 Å². The summed E-state index contributed by atoms with van der Waals surface area (Å²) >= 11 is 3.39. The van der Waals surface area contributed by atoms with Gasteiger partial charge in [-0.25, -0.2) is 9.97 Å². The molecule has 18 heavy (non-hydrogen) atoms. The molecule has 2 aromatic heterocycles. The number of para-hydroxylation sites is 1. The monoisotopic (exact) mass is 303 g/mol. The lowest BCUT2D eigenvalue weighted by Crippen LogP contribution is -2.01. The third-order valence-corrected chi connectivity index (χ3v) is 3.08. The average molecular weight is 304 g/mol. The van der Waals surface area contributed by atoms with Gasteiger partial charge in [-0.3, -0.25) is 4.40 Å². The van der Waals surface area contributed by atoms with E-state index in [1.54, 1.807) is 6.20 Å². The number of hydrogen-bond donors (Lipinski definition) is 0. The highest BCUT2D eigenvalue weighted by molar-refractivity contribution is 9.10. The Morgan fingerprint density at radius 2 is 2.00 bits per heavy atom. The van der Waals surface area contributed by atoms with E-state index in [1.807, 2.05) is 47.0 Å². The van der Waals surface area contributed by atoms with E-state index in [4.69, 9.17) is 4.74 Å². The molecule has 5 heteroatoms. The number of hydrogen-bond acceptors (Lipinski definition) is 3. The second kappa shape index (κ2) is 4.78. The number of halogens is 1. The van der Waals surface area contributed by atoms with Gasteiger partial charge in [0.05, 0.1) is 0 Å².